The van der Waals surface area contributed by atoms with E-state index in [1.807, 2.05) is 5.32 Å². The van der Waals surface area contributed by atoms with Crippen LogP contribution >= 0.6 is 0 Å². The molecule has 1 rings (SSSR count). The minimum atomic E-state index is -1.16. The Morgan fingerprint density at radius 3 is 2.60 bits per heavy atom. The van der Waals surface area contributed by atoms with Gasteiger partial charge in [0.25, 0.3) is 5.91 Å². The second kappa shape index (κ2) is 7.13. The number of rotatable bonds is 5. The molecule has 1 aromatic rings. The first kappa shape index (κ1) is 15.5. The molecule has 0 saturated carbocycles. The molecule has 0 spiro atoms. The topological polar surface area (TPSA) is 102 Å². The van der Waals surface area contributed by atoms with E-state index in [2.05, 4.69) is 4.74 Å². The first-order valence-electron chi connectivity index (χ1n) is 5.87. The lowest BCUT2D eigenvalue weighted by molar-refractivity contribution is -0.122. The van der Waals surface area contributed by atoms with Crippen molar-refractivity contribution in [2.24, 2.45) is 0 Å². The van der Waals surface area contributed by atoms with Crippen molar-refractivity contribution in [1.29, 1.82) is 0 Å². The monoisotopic (exact) mass is 281 g/mol. The summed E-state index contributed by atoms with van der Waals surface area (Å²) in [5.74, 6) is -1.82. The molecule has 0 unspecified atom stereocenters. The molecule has 0 aliphatic heterocycles. The molecule has 2 amide bonds. The van der Waals surface area contributed by atoms with E-state index in [1.165, 1.54) is 12.1 Å². The largest absolute Gasteiger partial charge is 0.483 e. The van der Waals surface area contributed by atoms with Crippen LogP contribution in [0.2, 0.25) is 0 Å². The zero-order chi connectivity index (χ0) is 15.1. The van der Waals surface area contributed by atoms with Gasteiger partial charge in [0.2, 0.25) is 0 Å². The maximum atomic E-state index is 11.4. The Balaban J connectivity index is 2.65. The fourth-order valence-electron chi connectivity index (χ4n) is 1.39. The van der Waals surface area contributed by atoms with Crippen LogP contribution in [0.5, 0.6) is 5.75 Å². The van der Waals surface area contributed by atoms with Crippen LogP contribution in [0.1, 0.15) is 22.8 Å². The Morgan fingerprint density at radius 2 is 2.00 bits per heavy atom. The van der Waals surface area contributed by atoms with Crippen LogP contribution in [0.25, 0.3) is 0 Å². The van der Waals surface area contributed by atoms with Gasteiger partial charge in [-0.1, -0.05) is 6.07 Å². The summed E-state index contributed by atoms with van der Waals surface area (Å²) < 4.78 is 9.64. The summed E-state index contributed by atoms with van der Waals surface area (Å²) in [5, 5.41) is 10.9. The number of aromatic carboxylic acids is 1. The quantitative estimate of drug-likeness (QED) is 0.844. The third-order valence-electron chi connectivity index (χ3n) is 2.24. The Morgan fingerprint density at radius 1 is 1.30 bits per heavy atom. The number of carbonyl (C=O) groups is 3. The number of carbonyl (C=O) groups excluding carboxylic acids is 2. The van der Waals surface area contributed by atoms with Crippen LogP contribution in [-0.2, 0) is 9.53 Å². The van der Waals surface area contributed by atoms with E-state index >= 15 is 0 Å². The van der Waals surface area contributed by atoms with Crippen molar-refractivity contribution in [3.8, 4) is 5.75 Å². The highest BCUT2D eigenvalue weighted by molar-refractivity contribution is 5.93. The number of imide groups is 1. The van der Waals surface area contributed by atoms with Crippen molar-refractivity contribution < 1.29 is 29.0 Å². The summed E-state index contributed by atoms with van der Waals surface area (Å²) in [7, 11) is 0. The van der Waals surface area contributed by atoms with Gasteiger partial charge in [0.15, 0.2) is 6.61 Å². The van der Waals surface area contributed by atoms with Gasteiger partial charge >= 0.3 is 12.1 Å². The summed E-state index contributed by atoms with van der Waals surface area (Å²) in [6.45, 7) is 3.02. The van der Waals surface area contributed by atoms with Gasteiger partial charge in [-0.3, -0.25) is 10.1 Å². The molecule has 0 radical (unpaired) electrons. The van der Waals surface area contributed by atoms with Crippen molar-refractivity contribution in [3.05, 3.63) is 29.3 Å². The predicted molar refractivity (Wildman–Crippen MR) is 68.8 cm³/mol. The first-order valence-corrected chi connectivity index (χ1v) is 5.87. The fraction of sp³-hybridized carbons (Fsp3) is 0.308. The van der Waals surface area contributed by atoms with Crippen molar-refractivity contribution >= 4 is 18.0 Å². The van der Waals surface area contributed by atoms with E-state index in [4.69, 9.17) is 9.84 Å². The van der Waals surface area contributed by atoms with Gasteiger partial charge in [-0.25, -0.2) is 9.59 Å². The lowest BCUT2D eigenvalue weighted by Crippen LogP contribution is -2.34. The van der Waals surface area contributed by atoms with Crippen molar-refractivity contribution in [2.45, 2.75) is 13.8 Å². The van der Waals surface area contributed by atoms with Gasteiger partial charge in [-0.15, -0.1) is 0 Å². The highest BCUT2D eigenvalue weighted by atomic mass is 16.5. The molecule has 7 heteroatoms. The minimum Gasteiger partial charge on any atom is -0.483 e. The molecule has 0 aliphatic rings. The molecular formula is C13H15NO6. The second-order valence-corrected chi connectivity index (χ2v) is 3.86. The number of aryl methyl sites for hydroxylation is 1. The van der Waals surface area contributed by atoms with Crippen molar-refractivity contribution in [1.82, 2.24) is 5.32 Å². The third-order valence-corrected chi connectivity index (χ3v) is 2.24. The number of benzene rings is 1. The lowest BCUT2D eigenvalue weighted by atomic mass is 10.1. The van der Waals surface area contributed by atoms with Gasteiger partial charge < -0.3 is 14.6 Å². The molecule has 2 N–H and O–H groups in total. The van der Waals surface area contributed by atoms with Gasteiger partial charge in [0, 0.05) is 0 Å². The van der Waals surface area contributed by atoms with Gasteiger partial charge in [-0.05, 0) is 31.5 Å². The molecule has 0 aliphatic carbocycles. The van der Waals surface area contributed by atoms with Gasteiger partial charge in [0.1, 0.15) is 11.3 Å². The average Bonchev–Trinajstić information content (AvgIpc) is 2.36. The number of alkyl carbamates (subject to hydrolysis) is 1. The number of carboxylic acids is 1. The summed E-state index contributed by atoms with van der Waals surface area (Å²) in [4.78, 5) is 33.4. The molecular weight excluding hydrogens is 266 g/mol. The molecule has 0 saturated heterocycles. The van der Waals surface area contributed by atoms with Gasteiger partial charge in [0.05, 0.1) is 6.61 Å². The number of hydrogen-bond acceptors (Lipinski definition) is 5. The first-order chi connectivity index (χ1) is 9.43. The Kier molecular flexibility index (Phi) is 5.52. The molecule has 108 valence electrons. The van der Waals surface area contributed by atoms with E-state index in [1.54, 1.807) is 19.9 Å². The van der Waals surface area contributed by atoms with Crippen molar-refractivity contribution in [2.75, 3.05) is 13.2 Å². The average molecular weight is 281 g/mol. The third kappa shape index (κ3) is 4.60. The lowest BCUT2D eigenvalue weighted by Gasteiger charge is -2.09. The number of ether oxygens (including phenoxy) is 2. The van der Waals surface area contributed by atoms with Crippen LogP contribution in [-0.4, -0.2) is 36.3 Å². The smallest absolute Gasteiger partial charge is 0.413 e. The number of hydrogen-bond donors (Lipinski definition) is 2. The Labute approximate surface area is 115 Å². The SMILES string of the molecule is CCOC(=O)NC(=O)COc1cc(C)ccc1C(=O)O. The maximum absolute atomic E-state index is 11.4. The van der Waals surface area contributed by atoms with Crippen LogP contribution in [0, 0.1) is 6.92 Å². The van der Waals surface area contributed by atoms with Crippen LogP contribution in [0.4, 0.5) is 4.79 Å². The summed E-state index contributed by atoms with van der Waals surface area (Å²) in [6.07, 6.45) is -0.871. The highest BCUT2D eigenvalue weighted by Gasteiger charge is 2.14. The molecule has 0 fully saturated rings. The number of nitrogens with one attached hydrogen (secondary N) is 1. The summed E-state index contributed by atoms with van der Waals surface area (Å²) >= 11 is 0. The molecule has 0 heterocycles. The molecule has 7 nitrogen and oxygen atoms in total. The van der Waals surface area contributed by atoms with E-state index in [9.17, 15) is 14.4 Å². The second-order valence-electron chi connectivity index (χ2n) is 3.86. The molecule has 0 aromatic heterocycles. The molecule has 0 atom stereocenters. The van der Waals surface area contributed by atoms with Crippen LogP contribution in [0.15, 0.2) is 18.2 Å². The van der Waals surface area contributed by atoms with E-state index in [0.29, 0.717) is 0 Å². The predicted octanol–water partition coefficient (Wildman–Crippen LogP) is 1.34. The maximum Gasteiger partial charge on any atom is 0.413 e. The minimum absolute atomic E-state index is 0.0560. The van der Waals surface area contributed by atoms with Gasteiger partial charge in [-0.2, -0.15) is 0 Å². The summed E-state index contributed by atoms with van der Waals surface area (Å²) in [6, 6.07) is 4.51. The normalized spacial score (nSPS) is 9.70. The zero-order valence-electron chi connectivity index (χ0n) is 11.1. The van der Waals surface area contributed by atoms with Crippen LogP contribution < -0.4 is 10.1 Å². The standard InChI is InChI=1S/C13H15NO6/c1-3-19-13(18)14-11(15)7-20-10-6-8(2)4-5-9(10)12(16)17/h4-6H,3,7H2,1-2H3,(H,16,17)(H,14,15,18). The molecule has 1 aromatic carbocycles. The number of amides is 2. The van der Waals surface area contributed by atoms with E-state index < -0.39 is 24.6 Å². The van der Waals surface area contributed by atoms with Crippen molar-refractivity contribution in [3.63, 3.8) is 0 Å². The molecule has 0 bridgehead atoms. The Bertz CT molecular complexity index is 526. The van der Waals surface area contributed by atoms with E-state index in [-0.39, 0.29) is 17.9 Å². The zero-order valence-corrected chi connectivity index (χ0v) is 11.1. The molecule has 20 heavy (non-hydrogen) atoms. The number of carboxylic acid groups (broad SMARTS) is 1. The Hall–Kier alpha value is -2.57. The fourth-order valence-corrected chi connectivity index (χ4v) is 1.39. The van der Waals surface area contributed by atoms with Crippen LogP contribution in [0.3, 0.4) is 0 Å². The highest BCUT2D eigenvalue weighted by Crippen LogP contribution is 2.20. The summed E-state index contributed by atoms with van der Waals surface area (Å²) in [5.41, 5.74) is 0.732. The van der Waals surface area contributed by atoms with E-state index in [0.717, 1.165) is 5.56 Å².